The van der Waals surface area contributed by atoms with Gasteiger partial charge >= 0.3 is 5.30 Å². The van der Waals surface area contributed by atoms with Gasteiger partial charge in [-0.1, -0.05) is 0 Å². The first-order valence-electron chi connectivity index (χ1n) is 4.97. The maximum atomic E-state index is 11.6. The molecule has 0 heterocycles. The van der Waals surface area contributed by atoms with Crippen LogP contribution in [0.15, 0.2) is 29.2 Å². The van der Waals surface area contributed by atoms with Crippen molar-refractivity contribution in [2.45, 2.75) is 24.8 Å². The van der Waals surface area contributed by atoms with Gasteiger partial charge in [0.15, 0.2) is 0 Å². The number of sulfone groups is 1. The number of carbonyl (C=O) groups excluding carboxylic acids is 1. The normalized spacial score (nSPS) is 11.3. The molecule has 0 fully saturated rings. The van der Waals surface area contributed by atoms with Crippen molar-refractivity contribution in [3.63, 3.8) is 0 Å². The van der Waals surface area contributed by atoms with Gasteiger partial charge in [-0.25, -0.2) is 13.2 Å². The SMILES string of the molecule is COC(=O)S(=O)(=O)c1ccc(OC(C)C)cc1. The van der Waals surface area contributed by atoms with Gasteiger partial charge in [0.25, 0.3) is 9.84 Å². The van der Waals surface area contributed by atoms with E-state index in [-0.39, 0.29) is 11.0 Å². The second-order valence-electron chi connectivity index (χ2n) is 3.60. The molecule has 0 aliphatic rings. The highest BCUT2D eigenvalue weighted by atomic mass is 32.2. The second-order valence-corrected chi connectivity index (χ2v) is 5.41. The average molecular weight is 258 g/mol. The van der Waals surface area contributed by atoms with Crippen LogP contribution in [0.4, 0.5) is 4.79 Å². The summed E-state index contributed by atoms with van der Waals surface area (Å²) in [6, 6.07) is 5.61. The molecule has 17 heavy (non-hydrogen) atoms. The fourth-order valence-corrected chi connectivity index (χ4v) is 2.08. The molecule has 0 aliphatic carbocycles. The van der Waals surface area contributed by atoms with E-state index in [2.05, 4.69) is 4.74 Å². The third-order valence-corrected chi connectivity index (χ3v) is 3.39. The van der Waals surface area contributed by atoms with Crippen LogP contribution in [-0.4, -0.2) is 26.9 Å². The molecule has 0 bridgehead atoms. The minimum atomic E-state index is -4.05. The third-order valence-electron chi connectivity index (χ3n) is 1.89. The van der Waals surface area contributed by atoms with Crippen molar-refractivity contribution in [2.24, 2.45) is 0 Å². The smallest absolute Gasteiger partial charge is 0.429 e. The lowest BCUT2D eigenvalue weighted by Crippen LogP contribution is -2.14. The molecule has 6 heteroatoms. The lowest BCUT2D eigenvalue weighted by molar-refractivity contribution is 0.197. The molecule has 0 atom stereocenters. The molecule has 0 aliphatic heterocycles. The van der Waals surface area contributed by atoms with Crippen molar-refractivity contribution in [1.82, 2.24) is 0 Å². The van der Waals surface area contributed by atoms with Gasteiger partial charge in [-0.05, 0) is 38.1 Å². The Hall–Kier alpha value is -1.56. The lowest BCUT2D eigenvalue weighted by atomic mass is 10.3. The van der Waals surface area contributed by atoms with Crippen LogP contribution in [0.3, 0.4) is 0 Å². The van der Waals surface area contributed by atoms with Gasteiger partial charge in [-0.15, -0.1) is 0 Å². The molecule has 5 nitrogen and oxygen atoms in total. The molecule has 0 aromatic heterocycles. The van der Waals surface area contributed by atoms with Gasteiger partial charge in [0, 0.05) is 0 Å². The summed E-state index contributed by atoms with van der Waals surface area (Å²) in [5, 5.41) is -1.27. The molecule has 0 N–H and O–H groups in total. The van der Waals surface area contributed by atoms with Crippen molar-refractivity contribution in [1.29, 1.82) is 0 Å². The molecule has 94 valence electrons. The predicted octanol–water partition coefficient (Wildman–Crippen LogP) is 2.01. The molecular weight excluding hydrogens is 244 g/mol. The summed E-state index contributed by atoms with van der Waals surface area (Å²) in [7, 11) is -3.03. The van der Waals surface area contributed by atoms with Crippen molar-refractivity contribution in [3.05, 3.63) is 24.3 Å². The van der Waals surface area contributed by atoms with E-state index in [9.17, 15) is 13.2 Å². The molecule has 0 saturated heterocycles. The number of methoxy groups -OCH3 is 1. The number of benzene rings is 1. The van der Waals surface area contributed by atoms with Crippen LogP contribution in [0.25, 0.3) is 0 Å². The molecule has 0 radical (unpaired) electrons. The third kappa shape index (κ3) is 3.20. The highest BCUT2D eigenvalue weighted by Crippen LogP contribution is 2.18. The quantitative estimate of drug-likeness (QED) is 0.776. The summed E-state index contributed by atoms with van der Waals surface area (Å²) in [6.45, 7) is 3.72. The number of hydrogen-bond acceptors (Lipinski definition) is 5. The van der Waals surface area contributed by atoms with Crippen molar-refractivity contribution >= 4 is 15.1 Å². The highest BCUT2D eigenvalue weighted by Gasteiger charge is 2.25. The average Bonchev–Trinajstić information content (AvgIpc) is 2.27. The van der Waals surface area contributed by atoms with E-state index in [0.717, 1.165) is 7.11 Å². The molecule has 0 unspecified atom stereocenters. The van der Waals surface area contributed by atoms with Crippen LogP contribution in [0, 0.1) is 0 Å². The standard InChI is InChI=1S/C11H14O5S/c1-8(2)16-9-4-6-10(7-5-9)17(13,14)11(12)15-3/h4-8H,1-3H3. The minimum absolute atomic E-state index is 0.00179. The van der Waals surface area contributed by atoms with Gasteiger partial charge in [-0.3, -0.25) is 0 Å². The molecule has 1 aromatic rings. The van der Waals surface area contributed by atoms with Gasteiger partial charge in [0.05, 0.1) is 18.1 Å². The van der Waals surface area contributed by atoms with Crippen LogP contribution in [0.2, 0.25) is 0 Å². The summed E-state index contributed by atoms with van der Waals surface area (Å²) in [4.78, 5) is 10.9. The summed E-state index contributed by atoms with van der Waals surface area (Å²) < 4.78 is 32.7. The van der Waals surface area contributed by atoms with E-state index in [1.807, 2.05) is 13.8 Å². The van der Waals surface area contributed by atoms with Gasteiger partial charge in [-0.2, -0.15) is 0 Å². The zero-order valence-electron chi connectivity index (χ0n) is 9.84. The van der Waals surface area contributed by atoms with Crippen LogP contribution >= 0.6 is 0 Å². The van der Waals surface area contributed by atoms with Crippen molar-refractivity contribution in [3.8, 4) is 5.75 Å². The van der Waals surface area contributed by atoms with E-state index >= 15 is 0 Å². The van der Waals surface area contributed by atoms with Crippen LogP contribution < -0.4 is 4.74 Å². The zero-order chi connectivity index (χ0) is 13.1. The first kappa shape index (κ1) is 13.5. The molecule has 0 spiro atoms. The van der Waals surface area contributed by atoms with Gasteiger partial charge in [0.2, 0.25) is 0 Å². The monoisotopic (exact) mass is 258 g/mol. The molecule has 0 amide bonds. The number of carbonyl (C=O) groups is 1. The second kappa shape index (κ2) is 5.18. The van der Waals surface area contributed by atoms with E-state index in [1.165, 1.54) is 24.3 Å². The Morgan fingerprint density at radius 3 is 2.12 bits per heavy atom. The topological polar surface area (TPSA) is 69.7 Å². The van der Waals surface area contributed by atoms with Gasteiger partial charge < -0.3 is 9.47 Å². The first-order valence-corrected chi connectivity index (χ1v) is 6.46. The summed E-state index contributed by atoms with van der Waals surface area (Å²) in [6.07, 6.45) is -0.00179. The highest BCUT2D eigenvalue weighted by molar-refractivity contribution is 8.05. The minimum Gasteiger partial charge on any atom is -0.491 e. The lowest BCUT2D eigenvalue weighted by Gasteiger charge is -2.09. The van der Waals surface area contributed by atoms with E-state index in [4.69, 9.17) is 4.74 Å². The maximum absolute atomic E-state index is 11.6. The fraction of sp³-hybridized carbons (Fsp3) is 0.364. The summed E-state index contributed by atoms with van der Waals surface area (Å²) in [5.74, 6) is 0.545. The fourth-order valence-electron chi connectivity index (χ4n) is 1.18. The molecule has 1 rings (SSSR count). The zero-order valence-corrected chi connectivity index (χ0v) is 10.7. The Bertz CT molecular complexity index is 487. The predicted molar refractivity (Wildman–Crippen MR) is 61.8 cm³/mol. The first-order chi connectivity index (χ1) is 7.87. The van der Waals surface area contributed by atoms with Crippen LogP contribution in [0.5, 0.6) is 5.75 Å². The Balaban J connectivity index is 2.99. The Kier molecular flexibility index (Phi) is 4.11. The molecule has 0 saturated carbocycles. The van der Waals surface area contributed by atoms with Crippen molar-refractivity contribution in [2.75, 3.05) is 7.11 Å². The summed E-state index contributed by atoms with van der Waals surface area (Å²) in [5.41, 5.74) is 0. The Labute approximate surface area is 100 Å². The van der Waals surface area contributed by atoms with Crippen LogP contribution in [-0.2, 0) is 14.6 Å². The molecular formula is C11H14O5S. The largest absolute Gasteiger partial charge is 0.491 e. The Morgan fingerprint density at radius 1 is 1.18 bits per heavy atom. The number of ether oxygens (including phenoxy) is 2. The van der Waals surface area contributed by atoms with Crippen LogP contribution in [0.1, 0.15) is 13.8 Å². The van der Waals surface area contributed by atoms with E-state index in [0.29, 0.717) is 5.75 Å². The summed E-state index contributed by atoms with van der Waals surface area (Å²) >= 11 is 0. The Morgan fingerprint density at radius 2 is 1.71 bits per heavy atom. The van der Waals surface area contributed by atoms with Crippen molar-refractivity contribution < 1.29 is 22.7 Å². The maximum Gasteiger partial charge on any atom is 0.429 e. The number of hydrogen-bond donors (Lipinski definition) is 0. The van der Waals surface area contributed by atoms with E-state index < -0.39 is 15.1 Å². The number of rotatable bonds is 3. The molecule has 1 aromatic carbocycles. The van der Waals surface area contributed by atoms with E-state index in [1.54, 1.807) is 0 Å². The van der Waals surface area contributed by atoms with Gasteiger partial charge in [0.1, 0.15) is 5.75 Å².